The summed E-state index contributed by atoms with van der Waals surface area (Å²) < 4.78 is 43.6. The highest BCUT2D eigenvalue weighted by atomic mass is 19.4. The summed E-state index contributed by atoms with van der Waals surface area (Å²) in [5, 5.41) is 14.9. The van der Waals surface area contributed by atoms with E-state index in [-0.39, 0.29) is 25.6 Å². The zero-order valence-electron chi connectivity index (χ0n) is 19.5. The SMILES string of the molecule is CCC(CC(F)(F)F)C(=O)NC(CCOC1CC(CCc2ccc3c(n2)NCCC3)C1)C(=O)O. The molecule has 3 rings (SSSR count). The second-order valence-corrected chi connectivity index (χ2v) is 9.32. The van der Waals surface area contributed by atoms with Gasteiger partial charge in [0.25, 0.3) is 0 Å². The third kappa shape index (κ3) is 7.85. The lowest BCUT2D eigenvalue weighted by Gasteiger charge is -2.35. The van der Waals surface area contributed by atoms with E-state index in [1.54, 1.807) is 0 Å². The number of alkyl halides is 3. The molecule has 2 atom stereocenters. The van der Waals surface area contributed by atoms with Crippen LogP contribution in [0.3, 0.4) is 0 Å². The zero-order chi connectivity index (χ0) is 24.7. The third-order valence-corrected chi connectivity index (χ3v) is 6.67. The molecular weight excluding hydrogens is 451 g/mol. The number of carbonyl (C=O) groups is 2. The third-order valence-electron chi connectivity index (χ3n) is 6.67. The molecule has 2 heterocycles. The van der Waals surface area contributed by atoms with Gasteiger partial charge in [-0.05, 0) is 62.5 Å². The van der Waals surface area contributed by atoms with Gasteiger partial charge in [-0.25, -0.2) is 9.78 Å². The lowest BCUT2D eigenvalue weighted by Crippen LogP contribution is -2.45. The highest BCUT2D eigenvalue weighted by Gasteiger charge is 2.36. The number of amides is 1. The minimum atomic E-state index is -4.48. The summed E-state index contributed by atoms with van der Waals surface area (Å²) >= 11 is 0. The molecule has 1 aliphatic heterocycles. The average Bonchev–Trinajstić information content (AvgIpc) is 2.76. The number of fused-ring (bicyclic) bond motifs is 1. The average molecular weight is 486 g/mol. The van der Waals surface area contributed by atoms with E-state index in [1.807, 2.05) is 0 Å². The van der Waals surface area contributed by atoms with E-state index in [0.717, 1.165) is 56.6 Å². The van der Waals surface area contributed by atoms with Crippen LogP contribution in [0.4, 0.5) is 19.0 Å². The molecule has 34 heavy (non-hydrogen) atoms. The van der Waals surface area contributed by atoms with Gasteiger partial charge < -0.3 is 20.5 Å². The van der Waals surface area contributed by atoms with E-state index in [2.05, 4.69) is 22.8 Å². The van der Waals surface area contributed by atoms with Gasteiger partial charge in [0.15, 0.2) is 0 Å². The fourth-order valence-electron chi connectivity index (χ4n) is 4.51. The van der Waals surface area contributed by atoms with Crippen molar-refractivity contribution in [2.75, 3.05) is 18.5 Å². The lowest BCUT2D eigenvalue weighted by atomic mass is 9.79. The second-order valence-electron chi connectivity index (χ2n) is 9.32. The number of aromatic nitrogens is 1. The fourth-order valence-corrected chi connectivity index (χ4v) is 4.51. The molecule has 2 aliphatic rings. The Balaban J connectivity index is 1.34. The van der Waals surface area contributed by atoms with E-state index in [1.165, 1.54) is 12.5 Å². The minimum Gasteiger partial charge on any atom is -0.480 e. The summed E-state index contributed by atoms with van der Waals surface area (Å²) in [5.41, 5.74) is 2.35. The Bertz CT molecular complexity index is 843. The van der Waals surface area contributed by atoms with E-state index >= 15 is 0 Å². The van der Waals surface area contributed by atoms with Crippen LogP contribution in [0.1, 0.15) is 63.1 Å². The molecule has 1 fully saturated rings. The van der Waals surface area contributed by atoms with Gasteiger partial charge in [-0.3, -0.25) is 4.79 Å². The number of pyridine rings is 1. The molecule has 1 aromatic heterocycles. The van der Waals surface area contributed by atoms with Crippen LogP contribution >= 0.6 is 0 Å². The number of hydrogen-bond donors (Lipinski definition) is 3. The van der Waals surface area contributed by atoms with Gasteiger partial charge in [0.2, 0.25) is 5.91 Å². The quantitative estimate of drug-likeness (QED) is 0.412. The first-order valence-corrected chi connectivity index (χ1v) is 12.1. The normalized spacial score (nSPS) is 21.5. The minimum absolute atomic E-state index is 0.0107. The topological polar surface area (TPSA) is 101 Å². The molecular formula is C24H34F3N3O4. The summed E-state index contributed by atoms with van der Waals surface area (Å²) in [4.78, 5) is 28.3. The van der Waals surface area contributed by atoms with Crippen LogP contribution in [0.2, 0.25) is 0 Å². The molecule has 1 amide bonds. The maximum absolute atomic E-state index is 12.6. The molecule has 10 heteroatoms. The number of hydrogen-bond acceptors (Lipinski definition) is 5. The molecule has 0 spiro atoms. The maximum Gasteiger partial charge on any atom is 0.389 e. The second kappa shape index (κ2) is 11.9. The van der Waals surface area contributed by atoms with Crippen molar-refractivity contribution in [2.45, 2.75) is 83.0 Å². The number of rotatable bonds is 12. The van der Waals surface area contributed by atoms with Crippen LogP contribution < -0.4 is 10.6 Å². The number of ether oxygens (including phenoxy) is 1. The van der Waals surface area contributed by atoms with Crippen molar-refractivity contribution in [1.29, 1.82) is 0 Å². The number of carbonyl (C=O) groups excluding carboxylic acids is 1. The summed E-state index contributed by atoms with van der Waals surface area (Å²) in [6.07, 6.45) is 0.172. The number of halogens is 3. The first kappa shape index (κ1) is 26.2. The number of aliphatic carboxylic acids is 1. The Kier molecular flexibility index (Phi) is 9.16. The Labute approximate surface area is 197 Å². The van der Waals surface area contributed by atoms with Crippen LogP contribution in [0, 0.1) is 11.8 Å². The number of carboxylic acid groups (broad SMARTS) is 1. The molecule has 0 saturated heterocycles. The Morgan fingerprint density at radius 2 is 2.09 bits per heavy atom. The van der Waals surface area contributed by atoms with Crippen molar-refractivity contribution in [3.8, 4) is 0 Å². The van der Waals surface area contributed by atoms with Gasteiger partial charge in [0.1, 0.15) is 11.9 Å². The molecule has 0 aromatic carbocycles. The first-order valence-electron chi connectivity index (χ1n) is 12.1. The van der Waals surface area contributed by atoms with Crippen LogP contribution in [0.15, 0.2) is 12.1 Å². The van der Waals surface area contributed by atoms with Crippen LogP contribution in [0.25, 0.3) is 0 Å². The van der Waals surface area contributed by atoms with Crippen molar-refractivity contribution in [3.05, 3.63) is 23.4 Å². The molecule has 1 saturated carbocycles. The van der Waals surface area contributed by atoms with Crippen molar-refractivity contribution in [3.63, 3.8) is 0 Å². The fraction of sp³-hybridized carbons (Fsp3) is 0.708. The zero-order valence-corrected chi connectivity index (χ0v) is 19.5. The van der Waals surface area contributed by atoms with Gasteiger partial charge >= 0.3 is 12.1 Å². The summed E-state index contributed by atoms with van der Waals surface area (Å²) in [7, 11) is 0. The maximum atomic E-state index is 12.6. The van der Waals surface area contributed by atoms with Gasteiger partial charge in [-0.2, -0.15) is 13.2 Å². The Morgan fingerprint density at radius 3 is 2.76 bits per heavy atom. The molecule has 7 nitrogen and oxygen atoms in total. The molecule has 2 unspecified atom stereocenters. The molecule has 0 radical (unpaired) electrons. The van der Waals surface area contributed by atoms with E-state index in [4.69, 9.17) is 9.72 Å². The molecule has 1 aliphatic carbocycles. The highest BCUT2D eigenvalue weighted by molar-refractivity contribution is 5.84. The van der Waals surface area contributed by atoms with Crippen LogP contribution in [0.5, 0.6) is 0 Å². The van der Waals surface area contributed by atoms with Gasteiger partial charge in [-0.15, -0.1) is 0 Å². The number of anilines is 1. The van der Waals surface area contributed by atoms with E-state index in [9.17, 15) is 27.9 Å². The van der Waals surface area contributed by atoms with Crippen molar-refractivity contribution >= 4 is 17.7 Å². The van der Waals surface area contributed by atoms with Gasteiger partial charge in [-0.1, -0.05) is 13.0 Å². The largest absolute Gasteiger partial charge is 0.480 e. The Hall–Kier alpha value is -2.36. The number of carboxylic acids is 1. The highest BCUT2D eigenvalue weighted by Crippen LogP contribution is 2.34. The van der Waals surface area contributed by atoms with E-state index < -0.39 is 36.4 Å². The van der Waals surface area contributed by atoms with Gasteiger partial charge in [0, 0.05) is 31.2 Å². The smallest absolute Gasteiger partial charge is 0.389 e. The molecule has 3 N–H and O–H groups in total. The van der Waals surface area contributed by atoms with Crippen LogP contribution in [-0.4, -0.2) is 53.4 Å². The summed E-state index contributed by atoms with van der Waals surface area (Å²) in [6.45, 7) is 2.56. The molecule has 190 valence electrons. The lowest BCUT2D eigenvalue weighted by molar-refractivity contribution is -0.156. The van der Waals surface area contributed by atoms with Crippen LogP contribution in [-0.2, 0) is 27.2 Å². The number of nitrogens with one attached hydrogen (secondary N) is 2. The van der Waals surface area contributed by atoms with Crippen molar-refractivity contribution in [2.24, 2.45) is 11.8 Å². The first-order chi connectivity index (χ1) is 16.1. The van der Waals surface area contributed by atoms with Crippen molar-refractivity contribution < 1.29 is 32.6 Å². The predicted molar refractivity (Wildman–Crippen MR) is 120 cm³/mol. The standard InChI is InChI=1S/C24H34F3N3O4/c1-2-16(14-24(25,26)27)22(31)30-20(23(32)33)9-11-34-19-12-15(13-19)5-7-18-8-6-17-4-3-10-28-21(17)29-18/h6,8,15-16,19-20H,2-5,7,9-14H2,1H3,(H,28,29)(H,30,31)(H,32,33). The predicted octanol–water partition coefficient (Wildman–Crippen LogP) is 4.11. The monoisotopic (exact) mass is 485 g/mol. The number of nitrogens with zero attached hydrogens (tertiary/aromatic N) is 1. The number of aryl methyl sites for hydroxylation is 2. The molecule has 0 bridgehead atoms. The van der Waals surface area contributed by atoms with E-state index in [0.29, 0.717) is 5.92 Å². The summed E-state index contributed by atoms with van der Waals surface area (Å²) in [5.74, 6) is -1.93. The van der Waals surface area contributed by atoms with Gasteiger partial charge in [0.05, 0.1) is 12.5 Å². The van der Waals surface area contributed by atoms with Crippen molar-refractivity contribution in [1.82, 2.24) is 10.3 Å². The Morgan fingerprint density at radius 1 is 1.32 bits per heavy atom. The molecule has 1 aromatic rings. The summed E-state index contributed by atoms with van der Waals surface area (Å²) in [6, 6.07) is 2.98.